The monoisotopic (exact) mass is 258 g/mol. The summed E-state index contributed by atoms with van der Waals surface area (Å²) in [6.07, 6.45) is 5.55. The zero-order valence-electron chi connectivity index (χ0n) is 12.2. The van der Waals surface area contributed by atoms with Gasteiger partial charge in [0.25, 0.3) is 0 Å². The van der Waals surface area contributed by atoms with Gasteiger partial charge in [-0.05, 0) is 69.8 Å². The Morgan fingerprint density at radius 1 is 1.21 bits per heavy atom. The average molecular weight is 258 g/mol. The lowest BCUT2D eigenvalue weighted by Crippen LogP contribution is -2.43. The van der Waals surface area contributed by atoms with E-state index < -0.39 is 0 Å². The van der Waals surface area contributed by atoms with Gasteiger partial charge in [-0.2, -0.15) is 0 Å². The Balaban J connectivity index is 1.92. The predicted octanol–water partition coefficient (Wildman–Crippen LogP) is 3.13. The molecule has 1 aliphatic heterocycles. The fourth-order valence-corrected chi connectivity index (χ4v) is 3.75. The normalized spacial score (nSPS) is 28.5. The van der Waals surface area contributed by atoms with Crippen LogP contribution in [0.1, 0.15) is 42.9 Å². The molecule has 0 aromatic heterocycles. The fourth-order valence-electron chi connectivity index (χ4n) is 3.75. The third kappa shape index (κ3) is 2.70. The topological polar surface area (TPSA) is 15.3 Å². The van der Waals surface area contributed by atoms with Crippen molar-refractivity contribution in [1.29, 1.82) is 0 Å². The predicted molar refractivity (Wildman–Crippen MR) is 80.3 cm³/mol. The molecule has 2 atom stereocenters. The van der Waals surface area contributed by atoms with Crippen LogP contribution in [0.2, 0.25) is 0 Å². The first-order valence-electron chi connectivity index (χ1n) is 7.77. The highest BCUT2D eigenvalue weighted by atomic mass is 15.2. The van der Waals surface area contributed by atoms with Gasteiger partial charge < -0.3 is 5.32 Å². The Morgan fingerprint density at radius 3 is 2.68 bits per heavy atom. The van der Waals surface area contributed by atoms with Crippen molar-refractivity contribution in [1.82, 2.24) is 10.2 Å². The zero-order valence-corrected chi connectivity index (χ0v) is 12.2. The van der Waals surface area contributed by atoms with E-state index in [0.29, 0.717) is 6.04 Å². The molecule has 2 heteroatoms. The molecule has 1 aromatic carbocycles. The van der Waals surface area contributed by atoms with Crippen LogP contribution in [-0.2, 0) is 0 Å². The van der Waals surface area contributed by atoms with Gasteiger partial charge in [-0.25, -0.2) is 0 Å². The molecule has 2 aliphatic rings. The van der Waals surface area contributed by atoms with Crippen LogP contribution in [0, 0.1) is 12.8 Å². The average Bonchev–Trinajstić information content (AvgIpc) is 3.24. The number of rotatable bonds is 4. The second kappa shape index (κ2) is 5.64. The number of hydrogen-bond donors (Lipinski definition) is 1. The molecule has 104 valence electrons. The van der Waals surface area contributed by atoms with Gasteiger partial charge in [0.05, 0.1) is 0 Å². The van der Waals surface area contributed by atoms with Crippen molar-refractivity contribution in [3.05, 3.63) is 35.4 Å². The van der Waals surface area contributed by atoms with E-state index >= 15 is 0 Å². The van der Waals surface area contributed by atoms with Crippen molar-refractivity contribution in [3.63, 3.8) is 0 Å². The highest BCUT2D eigenvalue weighted by Gasteiger charge is 2.40. The fraction of sp³-hybridized carbons (Fsp3) is 0.647. The molecule has 2 unspecified atom stereocenters. The quantitative estimate of drug-likeness (QED) is 0.892. The molecule has 1 aromatic rings. The first-order valence-corrected chi connectivity index (χ1v) is 7.77. The molecule has 2 nitrogen and oxygen atoms in total. The summed E-state index contributed by atoms with van der Waals surface area (Å²) in [5, 5.41) is 3.41. The number of likely N-dealkylation sites (tertiary alicyclic amines) is 1. The number of aryl methyl sites for hydroxylation is 1. The summed E-state index contributed by atoms with van der Waals surface area (Å²) in [6.45, 7) is 4.71. The highest BCUT2D eigenvalue weighted by molar-refractivity contribution is 5.30. The first kappa shape index (κ1) is 13.1. The summed E-state index contributed by atoms with van der Waals surface area (Å²) in [7, 11) is 2.09. The molecule has 1 heterocycles. The molecule has 1 aliphatic carbocycles. The number of nitrogens with one attached hydrogen (secondary N) is 1. The van der Waals surface area contributed by atoms with Crippen LogP contribution >= 0.6 is 0 Å². The molecule has 0 amide bonds. The maximum Gasteiger partial charge on any atom is 0.0393 e. The summed E-state index contributed by atoms with van der Waals surface area (Å²) < 4.78 is 0. The summed E-state index contributed by atoms with van der Waals surface area (Å²) in [4.78, 5) is 2.80. The maximum absolute atomic E-state index is 3.41. The van der Waals surface area contributed by atoms with E-state index in [9.17, 15) is 0 Å². The van der Waals surface area contributed by atoms with E-state index in [0.717, 1.165) is 18.5 Å². The molecule has 19 heavy (non-hydrogen) atoms. The second-order valence-electron chi connectivity index (χ2n) is 6.23. The minimum Gasteiger partial charge on any atom is -0.319 e. The van der Waals surface area contributed by atoms with Crippen LogP contribution in [0.4, 0.5) is 0 Å². The van der Waals surface area contributed by atoms with E-state index in [2.05, 4.69) is 48.5 Å². The van der Waals surface area contributed by atoms with Crippen molar-refractivity contribution < 1.29 is 0 Å². The lowest BCUT2D eigenvalue weighted by atomic mass is 9.82. The molecule has 3 rings (SSSR count). The number of nitrogens with zero attached hydrogens (tertiary/aromatic N) is 1. The largest absolute Gasteiger partial charge is 0.319 e. The summed E-state index contributed by atoms with van der Waals surface area (Å²) in [6, 6.07) is 10.5. The first-order chi connectivity index (χ1) is 9.31. The van der Waals surface area contributed by atoms with E-state index in [1.165, 1.54) is 37.8 Å². The van der Waals surface area contributed by atoms with Gasteiger partial charge in [-0.15, -0.1) is 0 Å². The van der Waals surface area contributed by atoms with Crippen molar-refractivity contribution in [2.24, 2.45) is 5.92 Å². The van der Waals surface area contributed by atoms with Crippen LogP contribution in [0.3, 0.4) is 0 Å². The van der Waals surface area contributed by atoms with Gasteiger partial charge >= 0.3 is 0 Å². The standard InChI is InChI=1S/C17H26N2/c1-13-6-3-4-8-16(13)17-14(12-18-2)7-5-11-19(17)15-9-10-15/h3-4,6,8,14-15,17-18H,5,7,9-12H2,1-2H3. The summed E-state index contributed by atoms with van der Waals surface area (Å²) in [5.41, 5.74) is 3.02. The molecule has 0 radical (unpaired) electrons. The Labute approximate surface area is 117 Å². The molecule has 1 saturated carbocycles. The summed E-state index contributed by atoms with van der Waals surface area (Å²) >= 11 is 0. The number of hydrogen-bond acceptors (Lipinski definition) is 2. The van der Waals surface area contributed by atoms with E-state index in [-0.39, 0.29) is 0 Å². The summed E-state index contributed by atoms with van der Waals surface area (Å²) in [5.74, 6) is 0.764. The molecule has 1 saturated heterocycles. The minimum absolute atomic E-state index is 0.634. The Bertz CT molecular complexity index is 423. The van der Waals surface area contributed by atoms with Crippen LogP contribution in [-0.4, -0.2) is 31.1 Å². The Kier molecular flexibility index (Phi) is 3.90. The number of benzene rings is 1. The van der Waals surface area contributed by atoms with Crippen LogP contribution in [0.5, 0.6) is 0 Å². The Hall–Kier alpha value is -0.860. The van der Waals surface area contributed by atoms with E-state index in [1.807, 2.05) is 0 Å². The lowest BCUT2D eigenvalue weighted by molar-refractivity contribution is 0.0841. The molecule has 2 fully saturated rings. The smallest absolute Gasteiger partial charge is 0.0393 e. The zero-order chi connectivity index (χ0) is 13.2. The van der Waals surface area contributed by atoms with Gasteiger partial charge in [-0.3, -0.25) is 4.90 Å². The molecule has 0 bridgehead atoms. The van der Waals surface area contributed by atoms with Gasteiger partial charge in [-0.1, -0.05) is 24.3 Å². The molecular formula is C17H26N2. The lowest BCUT2D eigenvalue weighted by Gasteiger charge is -2.42. The number of piperidine rings is 1. The third-order valence-electron chi connectivity index (χ3n) is 4.78. The van der Waals surface area contributed by atoms with Crippen LogP contribution < -0.4 is 5.32 Å². The van der Waals surface area contributed by atoms with E-state index in [4.69, 9.17) is 0 Å². The van der Waals surface area contributed by atoms with Crippen LogP contribution in [0.15, 0.2) is 24.3 Å². The van der Waals surface area contributed by atoms with Crippen molar-refractivity contribution in [2.75, 3.05) is 20.1 Å². The maximum atomic E-state index is 3.41. The molecular weight excluding hydrogens is 232 g/mol. The second-order valence-corrected chi connectivity index (χ2v) is 6.23. The van der Waals surface area contributed by atoms with Crippen molar-refractivity contribution in [2.45, 2.75) is 44.7 Å². The minimum atomic E-state index is 0.634. The molecule has 0 spiro atoms. The van der Waals surface area contributed by atoms with Gasteiger partial charge in [0.1, 0.15) is 0 Å². The Morgan fingerprint density at radius 2 is 2.00 bits per heavy atom. The third-order valence-corrected chi connectivity index (χ3v) is 4.78. The van der Waals surface area contributed by atoms with Gasteiger partial charge in [0.15, 0.2) is 0 Å². The highest BCUT2D eigenvalue weighted by Crippen LogP contribution is 2.43. The van der Waals surface area contributed by atoms with E-state index in [1.54, 1.807) is 5.56 Å². The van der Waals surface area contributed by atoms with Crippen molar-refractivity contribution in [3.8, 4) is 0 Å². The van der Waals surface area contributed by atoms with Gasteiger partial charge in [0.2, 0.25) is 0 Å². The van der Waals surface area contributed by atoms with Gasteiger partial charge in [0, 0.05) is 12.1 Å². The molecule has 1 N–H and O–H groups in total. The SMILES string of the molecule is CNCC1CCCN(C2CC2)C1c1ccccc1C. The van der Waals surface area contributed by atoms with Crippen molar-refractivity contribution >= 4 is 0 Å². The van der Waals surface area contributed by atoms with Crippen LogP contribution in [0.25, 0.3) is 0 Å².